The van der Waals surface area contributed by atoms with Crippen LogP contribution in [0.2, 0.25) is 4.34 Å². The molecule has 0 bridgehead atoms. The highest BCUT2D eigenvalue weighted by molar-refractivity contribution is 7.91. The molecule has 0 saturated carbocycles. The summed E-state index contributed by atoms with van der Waals surface area (Å²) in [5.74, 6) is 0.429. The zero-order chi connectivity index (χ0) is 20.2. The first-order chi connectivity index (χ1) is 12.7. The normalized spacial score (nSPS) is 12.8. The second-order valence-corrected chi connectivity index (χ2v) is 9.94. The van der Waals surface area contributed by atoms with Crippen LogP contribution in [0.4, 0.5) is 0 Å². The average Bonchev–Trinajstić information content (AvgIpc) is 3.09. The lowest BCUT2D eigenvalue weighted by atomic mass is 10.1. The van der Waals surface area contributed by atoms with Crippen molar-refractivity contribution in [3.63, 3.8) is 0 Å². The van der Waals surface area contributed by atoms with E-state index >= 15 is 0 Å². The van der Waals surface area contributed by atoms with E-state index in [1.807, 2.05) is 38.1 Å². The van der Waals surface area contributed by atoms with Crippen molar-refractivity contribution in [1.29, 1.82) is 0 Å². The topological polar surface area (TPSA) is 66.9 Å². The van der Waals surface area contributed by atoms with Gasteiger partial charge in [0.15, 0.2) is 0 Å². The van der Waals surface area contributed by atoms with Crippen molar-refractivity contribution in [3.8, 4) is 5.75 Å². The SMILES string of the molecule is CCN(C(=O)CN(C)S(=O)(=O)c1ccc(Cl)s1)C(C)c1cccc(OC)c1. The minimum atomic E-state index is -3.76. The van der Waals surface area contributed by atoms with Crippen LogP contribution in [0.25, 0.3) is 0 Å². The summed E-state index contributed by atoms with van der Waals surface area (Å²) in [5, 5.41) is 0. The predicted octanol–water partition coefficient (Wildman–Crippen LogP) is 3.64. The Hall–Kier alpha value is -1.61. The number of halogens is 1. The number of nitrogens with zero attached hydrogens (tertiary/aromatic N) is 2. The number of ether oxygens (including phenoxy) is 1. The minimum Gasteiger partial charge on any atom is -0.497 e. The number of likely N-dealkylation sites (N-methyl/N-ethyl adjacent to an activating group) is 2. The average molecular weight is 431 g/mol. The third-order valence-electron chi connectivity index (χ3n) is 4.28. The summed E-state index contributed by atoms with van der Waals surface area (Å²) in [6.07, 6.45) is 0. The van der Waals surface area contributed by atoms with Crippen molar-refractivity contribution < 1.29 is 17.9 Å². The maximum atomic E-state index is 12.8. The van der Waals surface area contributed by atoms with Crippen LogP contribution in [0.15, 0.2) is 40.6 Å². The van der Waals surface area contributed by atoms with Crippen molar-refractivity contribution >= 4 is 38.9 Å². The summed E-state index contributed by atoms with van der Waals surface area (Å²) in [6, 6.07) is 10.2. The first-order valence-electron chi connectivity index (χ1n) is 8.35. The zero-order valence-corrected chi connectivity index (χ0v) is 18.1. The molecule has 2 aromatic rings. The lowest BCUT2D eigenvalue weighted by Gasteiger charge is -2.30. The van der Waals surface area contributed by atoms with Crippen LogP contribution in [0.3, 0.4) is 0 Å². The Labute approximate surface area is 169 Å². The van der Waals surface area contributed by atoms with Crippen LogP contribution in [0, 0.1) is 0 Å². The number of carbonyl (C=O) groups is 1. The van der Waals surface area contributed by atoms with Crippen molar-refractivity contribution in [2.24, 2.45) is 0 Å². The van der Waals surface area contributed by atoms with Gasteiger partial charge in [-0.15, -0.1) is 11.3 Å². The molecule has 1 unspecified atom stereocenters. The highest BCUT2D eigenvalue weighted by Crippen LogP contribution is 2.28. The molecule has 0 spiro atoms. The van der Waals surface area contributed by atoms with Crippen LogP contribution in [0.1, 0.15) is 25.5 Å². The Kier molecular flexibility index (Phi) is 7.27. The monoisotopic (exact) mass is 430 g/mol. The van der Waals surface area contributed by atoms with Crippen molar-refractivity contribution in [2.75, 3.05) is 27.2 Å². The Bertz CT molecular complexity index is 898. The number of hydrogen-bond donors (Lipinski definition) is 0. The van der Waals surface area contributed by atoms with E-state index in [2.05, 4.69) is 0 Å². The van der Waals surface area contributed by atoms with Crippen LogP contribution in [-0.4, -0.2) is 50.8 Å². The van der Waals surface area contributed by atoms with E-state index < -0.39 is 10.0 Å². The quantitative estimate of drug-likeness (QED) is 0.641. The summed E-state index contributed by atoms with van der Waals surface area (Å²) in [4.78, 5) is 14.4. The summed E-state index contributed by atoms with van der Waals surface area (Å²) in [6.45, 7) is 3.97. The van der Waals surface area contributed by atoms with Crippen molar-refractivity contribution in [2.45, 2.75) is 24.1 Å². The van der Waals surface area contributed by atoms with Crippen LogP contribution < -0.4 is 4.74 Å². The molecule has 0 fully saturated rings. The van der Waals surface area contributed by atoms with Gasteiger partial charge >= 0.3 is 0 Å². The van der Waals surface area contributed by atoms with E-state index in [0.717, 1.165) is 21.2 Å². The minimum absolute atomic E-state index is 0.117. The van der Waals surface area contributed by atoms with Gasteiger partial charge in [-0.3, -0.25) is 4.79 Å². The van der Waals surface area contributed by atoms with Crippen LogP contribution in [-0.2, 0) is 14.8 Å². The largest absolute Gasteiger partial charge is 0.497 e. The number of thiophene rings is 1. The van der Waals surface area contributed by atoms with E-state index in [9.17, 15) is 13.2 Å². The Balaban J connectivity index is 2.16. The molecule has 1 heterocycles. The van der Waals surface area contributed by atoms with Gasteiger partial charge in [-0.25, -0.2) is 8.42 Å². The standard InChI is InChI=1S/C18H23ClN2O4S2/c1-5-21(13(2)14-7-6-8-15(11-14)25-4)17(22)12-20(3)27(23,24)18-10-9-16(19)26-18/h6-11,13H,5,12H2,1-4H3. The lowest BCUT2D eigenvalue weighted by Crippen LogP contribution is -2.42. The number of carbonyl (C=O) groups excluding carboxylic acids is 1. The second-order valence-electron chi connectivity index (χ2n) is 5.95. The molecule has 27 heavy (non-hydrogen) atoms. The molecular formula is C18H23ClN2O4S2. The molecule has 1 aromatic carbocycles. The molecule has 2 rings (SSSR count). The predicted molar refractivity (Wildman–Crippen MR) is 108 cm³/mol. The van der Waals surface area contributed by atoms with Crippen molar-refractivity contribution in [3.05, 3.63) is 46.3 Å². The van der Waals surface area contributed by atoms with Gasteiger partial charge in [-0.1, -0.05) is 23.7 Å². The molecule has 1 amide bonds. The fourth-order valence-corrected chi connectivity index (χ4v) is 5.52. The molecule has 6 nitrogen and oxygen atoms in total. The van der Waals surface area contributed by atoms with Gasteiger partial charge in [-0.2, -0.15) is 4.31 Å². The lowest BCUT2D eigenvalue weighted by molar-refractivity contribution is -0.133. The van der Waals surface area contributed by atoms with Gasteiger partial charge < -0.3 is 9.64 Å². The molecule has 1 aromatic heterocycles. The van der Waals surface area contributed by atoms with E-state index in [1.165, 1.54) is 19.2 Å². The summed E-state index contributed by atoms with van der Waals surface area (Å²) in [5.41, 5.74) is 0.917. The zero-order valence-electron chi connectivity index (χ0n) is 15.7. The van der Waals surface area contributed by atoms with E-state index in [0.29, 0.717) is 16.6 Å². The molecule has 1 atom stereocenters. The molecule has 148 valence electrons. The Morgan fingerprint density at radius 2 is 2.00 bits per heavy atom. The van der Waals surface area contributed by atoms with Crippen molar-refractivity contribution in [1.82, 2.24) is 9.21 Å². The number of sulfonamides is 1. The Morgan fingerprint density at radius 3 is 2.56 bits per heavy atom. The van der Waals surface area contributed by atoms with E-state index in [1.54, 1.807) is 12.0 Å². The number of benzene rings is 1. The molecular weight excluding hydrogens is 408 g/mol. The molecule has 0 radical (unpaired) electrons. The number of rotatable bonds is 8. The fourth-order valence-electron chi connectivity index (χ4n) is 2.70. The molecule has 0 N–H and O–H groups in total. The first-order valence-corrected chi connectivity index (χ1v) is 11.0. The maximum absolute atomic E-state index is 12.8. The van der Waals surface area contributed by atoms with Gasteiger partial charge in [0.2, 0.25) is 5.91 Å². The summed E-state index contributed by atoms with van der Waals surface area (Å²) >= 11 is 6.80. The highest BCUT2D eigenvalue weighted by atomic mass is 35.5. The van der Waals surface area contributed by atoms with E-state index in [-0.39, 0.29) is 22.7 Å². The molecule has 0 saturated heterocycles. The van der Waals surface area contributed by atoms with Crippen LogP contribution in [0.5, 0.6) is 5.75 Å². The molecule has 0 aliphatic heterocycles. The van der Waals surface area contributed by atoms with Gasteiger partial charge in [-0.05, 0) is 43.7 Å². The van der Waals surface area contributed by atoms with Crippen LogP contribution >= 0.6 is 22.9 Å². The number of amides is 1. The van der Waals surface area contributed by atoms with Gasteiger partial charge in [0.05, 0.1) is 24.0 Å². The van der Waals surface area contributed by atoms with E-state index in [4.69, 9.17) is 16.3 Å². The Morgan fingerprint density at radius 1 is 1.30 bits per heavy atom. The summed E-state index contributed by atoms with van der Waals surface area (Å²) in [7, 11) is -0.776. The molecule has 0 aliphatic rings. The smallest absolute Gasteiger partial charge is 0.252 e. The number of hydrogen-bond acceptors (Lipinski definition) is 5. The van der Waals surface area contributed by atoms with Gasteiger partial charge in [0, 0.05) is 13.6 Å². The third kappa shape index (κ3) is 5.01. The second kappa shape index (κ2) is 9.05. The third-order valence-corrected chi connectivity index (χ3v) is 7.78. The van der Waals surface area contributed by atoms with Gasteiger partial charge in [0.25, 0.3) is 10.0 Å². The fraction of sp³-hybridized carbons (Fsp3) is 0.389. The first kappa shape index (κ1) is 21.7. The maximum Gasteiger partial charge on any atom is 0.252 e. The molecule has 9 heteroatoms. The summed E-state index contributed by atoms with van der Waals surface area (Å²) < 4.78 is 32.0. The number of methoxy groups -OCH3 is 1. The van der Waals surface area contributed by atoms with Gasteiger partial charge in [0.1, 0.15) is 9.96 Å². The molecule has 0 aliphatic carbocycles. The highest BCUT2D eigenvalue weighted by Gasteiger charge is 2.28.